The Balaban J connectivity index is 2.54. The molecule has 0 aliphatic rings. The fourth-order valence-corrected chi connectivity index (χ4v) is 1.95. The molecule has 19 heavy (non-hydrogen) atoms. The highest BCUT2D eigenvalue weighted by molar-refractivity contribution is 5.92. The van der Waals surface area contributed by atoms with Crippen molar-refractivity contribution in [1.82, 2.24) is 4.90 Å². The minimum atomic E-state index is -0.792. The summed E-state index contributed by atoms with van der Waals surface area (Å²) in [5.41, 5.74) is 1.13. The number of hydrogen-bond acceptors (Lipinski definition) is 3. The van der Waals surface area contributed by atoms with Crippen molar-refractivity contribution >= 4 is 11.6 Å². The number of amides is 1. The molecule has 106 valence electrons. The summed E-state index contributed by atoms with van der Waals surface area (Å²) in [6.45, 7) is 8.95. The minimum Gasteiger partial charge on any atom is -0.389 e. The summed E-state index contributed by atoms with van der Waals surface area (Å²) in [6.07, 6.45) is 0. The van der Waals surface area contributed by atoms with Crippen LogP contribution in [0, 0.1) is 6.92 Å². The standard InChI is InChI=1S/C15H24N2O2/c1-5-17(11-15(3,4)19)10-14(18)16-13-8-6-7-12(2)9-13/h6-9,19H,5,10-11H2,1-4H3,(H,16,18). The van der Waals surface area contributed by atoms with Gasteiger partial charge in [0.05, 0.1) is 12.1 Å². The second-order valence-corrected chi connectivity index (χ2v) is 5.53. The molecule has 1 aromatic rings. The second-order valence-electron chi connectivity index (χ2n) is 5.53. The second kappa shape index (κ2) is 6.68. The number of anilines is 1. The van der Waals surface area contributed by atoms with Crippen LogP contribution in [0.25, 0.3) is 0 Å². The maximum atomic E-state index is 11.9. The lowest BCUT2D eigenvalue weighted by Crippen LogP contribution is -2.42. The fraction of sp³-hybridized carbons (Fsp3) is 0.533. The monoisotopic (exact) mass is 264 g/mol. The van der Waals surface area contributed by atoms with Gasteiger partial charge in [-0.05, 0) is 45.0 Å². The zero-order chi connectivity index (χ0) is 14.5. The van der Waals surface area contributed by atoms with Gasteiger partial charge >= 0.3 is 0 Å². The van der Waals surface area contributed by atoms with Crippen molar-refractivity contribution in [3.8, 4) is 0 Å². The van der Waals surface area contributed by atoms with Gasteiger partial charge in [0.2, 0.25) is 5.91 Å². The number of nitrogens with one attached hydrogen (secondary N) is 1. The molecule has 4 heteroatoms. The molecule has 0 unspecified atom stereocenters. The van der Waals surface area contributed by atoms with E-state index in [2.05, 4.69) is 5.32 Å². The van der Waals surface area contributed by atoms with E-state index < -0.39 is 5.60 Å². The van der Waals surface area contributed by atoms with Gasteiger partial charge in [-0.3, -0.25) is 9.69 Å². The molecule has 0 radical (unpaired) electrons. The van der Waals surface area contributed by atoms with Crippen LogP contribution in [0.1, 0.15) is 26.3 Å². The van der Waals surface area contributed by atoms with E-state index in [0.717, 1.165) is 17.8 Å². The summed E-state index contributed by atoms with van der Waals surface area (Å²) in [4.78, 5) is 13.9. The van der Waals surface area contributed by atoms with Crippen molar-refractivity contribution in [3.05, 3.63) is 29.8 Å². The molecule has 0 spiro atoms. The maximum Gasteiger partial charge on any atom is 0.238 e. The van der Waals surface area contributed by atoms with E-state index >= 15 is 0 Å². The highest BCUT2D eigenvalue weighted by Gasteiger charge is 2.19. The van der Waals surface area contributed by atoms with E-state index in [1.165, 1.54) is 0 Å². The van der Waals surface area contributed by atoms with Crippen molar-refractivity contribution in [2.75, 3.05) is 25.0 Å². The Kier molecular flexibility index (Phi) is 5.51. The fourth-order valence-electron chi connectivity index (χ4n) is 1.95. The number of carbonyl (C=O) groups excluding carboxylic acids is 1. The Bertz CT molecular complexity index is 424. The van der Waals surface area contributed by atoms with Gasteiger partial charge in [0.25, 0.3) is 0 Å². The van der Waals surface area contributed by atoms with Crippen LogP contribution in [0.4, 0.5) is 5.69 Å². The molecule has 2 N–H and O–H groups in total. The zero-order valence-electron chi connectivity index (χ0n) is 12.2. The molecular weight excluding hydrogens is 240 g/mol. The largest absolute Gasteiger partial charge is 0.389 e. The third kappa shape index (κ3) is 6.36. The molecule has 0 heterocycles. The van der Waals surface area contributed by atoms with E-state index in [9.17, 15) is 9.90 Å². The summed E-state index contributed by atoms with van der Waals surface area (Å²) >= 11 is 0. The Morgan fingerprint density at radius 3 is 2.63 bits per heavy atom. The molecule has 0 saturated heterocycles. The SMILES string of the molecule is CCN(CC(=O)Nc1cccc(C)c1)CC(C)(C)O. The lowest BCUT2D eigenvalue weighted by molar-refractivity contribution is -0.117. The average molecular weight is 264 g/mol. The van der Waals surface area contributed by atoms with Crippen LogP contribution in [-0.4, -0.2) is 41.1 Å². The maximum absolute atomic E-state index is 11.9. The van der Waals surface area contributed by atoms with Crippen molar-refractivity contribution in [3.63, 3.8) is 0 Å². The van der Waals surface area contributed by atoms with Gasteiger partial charge in [0, 0.05) is 12.2 Å². The van der Waals surface area contributed by atoms with E-state index in [4.69, 9.17) is 0 Å². The van der Waals surface area contributed by atoms with Crippen LogP contribution in [-0.2, 0) is 4.79 Å². The van der Waals surface area contributed by atoms with Crippen molar-refractivity contribution in [1.29, 1.82) is 0 Å². The number of hydrogen-bond donors (Lipinski definition) is 2. The van der Waals surface area contributed by atoms with Crippen molar-refractivity contribution < 1.29 is 9.90 Å². The van der Waals surface area contributed by atoms with E-state index in [1.807, 2.05) is 43.0 Å². The topological polar surface area (TPSA) is 52.6 Å². The first-order chi connectivity index (χ1) is 8.80. The van der Waals surface area contributed by atoms with Crippen LogP contribution < -0.4 is 5.32 Å². The average Bonchev–Trinajstić information content (AvgIpc) is 2.26. The van der Waals surface area contributed by atoms with Crippen LogP contribution in [0.5, 0.6) is 0 Å². The lowest BCUT2D eigenvalue weighted by atomic mass is 10.1. The highest BCUT2D eigenvalue weighted by atomic mass is 16.3. The van der Waals surface area contributed by atoms with Gasteiger partial charge in [-0.1, -0.05) is 19.1 Å². The molecule has 0 aromatic heterocycles. The van der Waals surface area contributed by atoms with Gasteiger partial charge < -0.3 is 10.4 Å². The van der Waals surface area contributed by atoms with Crippen molar-refractivity contribution in [2.24, 2.45) is 0 Å². The van der Waals surface area contributed by atoms with E-state index in [-0.39, 0.29) is 12.5 Å². The third-order valence-electron chi connectivity index (χ3n) is 2.73. The number of carbonyl (C=O) groups is 1. The molecule has 0 fully saturated rings. The Morgan fingerprint density at radius 2 is 2.11 bits per heavy atom. The zero-order valence-corrected chi connectivity index (χ0v) is 12.2. The third-order valence-corrected chi connectivity index (χ3v) is 2.73. The highest BCUT2D eigenvalue weighted by Crippen LogP contribution is 2.10. The number of likely N-dealkylation sites (N-methyl/N-ethyl adjacent to an activating group) is 1. The molecule has 0 bridgehead atoms. The molecule has 0 atom stereocenters. The van der Waals surface area contributed by atoms with Crippen LogP contribution in [0.15, 0.2) is 24.3 Å². The van der Waals surface area contributed by atoms with Gasteiger partial charge in [-0.25, -0.2) is 0 Å². The first-order valence-corrected chi connectivity index (χ1v) is 6.61. The quantitative estimate of drug-likeness (QED) is 0.826. The van der Waals surface area contributed by atoms with Gasteiger partial charge in [0.15, 0.2) is 0 Å². The molecule has 0 aliphatic heterocycles. The Labute approximate surface area is 115 Å². The van der Waals surface area contributed by atoms with Crippen LogP contribution >= 0.6 is 0 Å². The van der Waals surface area contributed by atoms with Gasteiger partial charge in [-0.15, -0.1) is 0 Å². The molecule has 1 aromatic carbocycles. The predicted molar refractivity (Wildman–Crippen MR) is 78.2 cm³/mol. The number of aliphatic hydroxyl groups is 1. The minimum absolute atomic E-state index is 0.0586. The molecule has 0 aliphatic carbocycles. The summed E-state index contributed by atoms with van der Waals surface area (Å²) in [5, 5.41) is 12.7. The van der Waals surface area contributed by atoms with Crippen LogP contribution in [0.3, 0.4) is 0 Å². The summed E-state index contributed by atoms with van der Waals surface area (Å²) in [6, 6.07) is 7.71. The Hall–Kier alpha value is -1.39. The summed E-state index contributed by atoms with van der Waals surface area (Å²) in [7, 11) is 0. The lowest BCUT2D eigenvalue weighted by Gasteiger charge is -2.27. The molecule has 0 saturated carbocycles. The number of nitrogens with zero attached hydrogens (tertiary/aromatic N) is 1. The molecule has 4 nitrogen and oxygen atoms in total. The predicted octanol–water partition coefficient (Wildman–Crippen LogP) is 2.03. The smallest absolute Gasteiger partial charge is 0.238 e. The van der Waals surface area contributed by atoms with E-state index in [1.54, 1.807) is 13.8 Å². The van der Waals surface area contributed by atoms with Crippen molar-refractivity contribution in [2.45, 2.75) is 33.3 Å². The summed E-state index contributed by atoms with van der Waals surface area (Å²) < 4.78 is 0. The number of benzene rings is 1. The first-order valence-electron chi connectivity index (χ1n) is 6.61. The van der Waals surface area contributed by atoms with Crippen LogP contribution in [0.2, 0.25) is 0 Å². The number of rotatable bonds is 6. The number of aryl methyl sites for hydroxylation is 1. The van der Waals surface area contributed by atoms with Gasteiger partial charge in [0.1, 0.15) is 0 Å². The Morgan fingerprint density at radius 1 is 1.42 bits per heavy atom. The first kappa shape index (κ1) is 15.7. The molecule has 1 amide bonds. The normalized spacial score (nSPS) is 11.7. The molecule has 1 rings (SSSR count). The van der Waals surface area contributed by atoms with Gasteiger partial charge in [-0.2, -0.15) is 0 Å². The van der Waals surface area contributed by atoms with E-state index in [0.29, 0.717) is 6.54 Å². The summed E-state index contributed by atoms with van der Waals surface area (Å²) in [5.74, 6) is -0.0586. The molecular formula is C15H24N2O2.